The third-order valence-corrected chi connectivity index (χ3v) is 6.39. The summed E-state index contributed by atoms with van der Waals surface area (Å²) in [4.78, 5) is 15.5. The van der Waals surface area contributed by atoms with Crippen LogP contribution >= 0.6 is 11.6 Å². The number of methoxy groups -OCH3 is 1. The van der Waals surface area contributed by atoms with Crippen molar-refractivity contribution in [3.63, 3.8) is 0 Å². The predicted octanol–water partition coefficient (Wildman–Crippen LogP) is 6.27. The van der Waals surface area contributed by atoms with Gasteiger partial charge in [-0.25, -0.2) is 0 Å². The number of carbonyl (C=O) groups is 1. The Bertz CT molecular complexity index is 1340. The van der Waals surface area contributed by atoms with Gasteiger partial charge in [-0.15, -0.1) is 0 Å². The lowest BCUT2D eigenvalue weighted by Gasteiger charge is -2.27. The van der Waals surface area contributed by atoms with E-state index in [2.05, 4.69) is 17.1 Å². The highest BCUT2D eigenvalue weighted by molar-refractivity contribution is 6.30. The number of halogens is 1. The van der Waals surface area contributed by atoms with Crippen molar-refractivity contribution in [2.75, 3.05) is 13.7 Å². The van der Waals surface area contributed by atoms with Crippen LogP contribution in [0.3, 0.4) is 0 Å². The third kappa shape index (κ3) is 4.37. The van der Waals surface area contributed by atoms with Crippen molar-refractivity contribution in [1.29, 1.82) is 0 Å². The fourth-order valence-corrected chi connectivity index (χ4v) is 4.63. The first kappa shape index (κ1) is 23.0. The molecule has 0 spiro atoms. The van der Waals surface area contributed by atoms with Gasteiger partial charge in [0.25, 0.3) is 5.91 Å². The molecule has 3 aromatic carbocycles. The number of nitrogens with one attached hydrogen (secondary N) is 1. The maximum Gasteiger partial charge on any atom is 0.273 e. The quantitative estimate of drug-likeness (QED) is 0.318. The lowest BCUT2D eigenvalue weighted by Crippen LogP contribution is -2.29. The number of rotatable bonds is 8. The summed E-state index contributed by atoms with van der Waals surface area (Å²) in [5.41, 5.74) is 4.94. The van der Waals surface area contributed by atoms with E-state index in [1.165, 1.54) is 0 Å². The van der Waals surface area contributed by atoms with Crippen LogP contribution in [0.2, 0.25) is 5.02 Å². The normalized spacial score (nSPS) is 14.8. The molecule has 1 atom stereocenters. The summed E-state index contributed by atoms with van der Waals surface area (Å²) in [6, 6.07) is 23.0. The average Bonchev–Trinajstić information content (AvgIpc) is 3.43. The summed E-state index contributed by atoms with van der Waals surface area (Å²) < 4.78 is 11.5. The van der Waals surface area contributed by atoms with Gasteiger partial charge in [-0.2, -0.15) is 5.10 Å². The van der Waals surface area contributed by atoms with E-state index in [0.717, 1.165) is 34.4 Å². The molecule has 1 aromatic heterocycles. The number of fused-ring (bicyclic) bond motifs is 1. The van der Waals surface area contributed by atoms with Gasteiger partial charge in [0.05, 0.1) is 25.5 Å². The number of amides is 1. The molecule has 2 heterocycles. The molecule has 0 radical (unpaired) electrons. The van der Waals surface area contributed by atoms with Crippen LogP contribution in [0.4, 0.5) is 0 Å². The van der Waals surface area contributed by atoms with E-state index in [9.17, 15) is 4.79 Å². The van der Waals surface area contributed by atoms with Gasteiger partial charge >= 0.3 is 0 Å². The molecule has 1 aliphatic rings. The van der Waals surface area contributed by atoms with Crippen LogP contribution in [0.5, 0.6) is 11.5 Å². The number of benzene rings is 3. The molecule has 0 fully saturated rings. The number of nitrogens with zero attached hydrogens (tertiary/aromatic N) is 2. The first-order chi connectivity index (χ1) is 17.1. The first-order valence-corrected chi connectivity index (χ1v) is 12.0. The summed E-state index contributed by atoms with van der Waals surface area (Å²) >= 11 is 6.12. The smallest absolute Gasteiger partial charge is 0.273 e. The van der Waals surface area contributed by atoms with Crippen LogP contribution in [0, 0.1) is 0 Å². The highest BCUT2D eigenvalue weighted by atomic mass is 35.5. The molecular weight excluding hydrogens is 462 g/mol. The van der Waals surface area contributed by atoms with Gasteiger partial charge in [0.15, 0.2) is 11.5 Å². The van der Waals surface area contributed by atoms with E-state index >= 15 is 0 Å². The first-order valence-electron chi connectivity index (χ1n) is 11.6. The second-order valence-electron chi connectivity index (χ2n) is 8.45. The molecule has 1 N–H and O–H groups in total. The van der Waals surface area contributed by atoms with E-state index in [1.807, 2.05) is 77.7 Å². The lowest BCUT2D eigenvalue weighted by molar-refractivity contribution is 0.0730. The van der Waals surface area contributed by atoms with Gasteiger partial charge in [0.1, 0.15) is 5.69 Å². The van der Waals surface area contributed by atoms with Crippen molar-refractivity contribution < 1.29 is 14.3 Å². The summed E-state index contributed by atoms with van der Waals surface area (Å²) in [5.74, 6) is 1.22. The van der Waals surface area contributed by atoms with Crippen molar-refractivity contribution in [3.8, 4) is 22.8 Å². The highest BCUT2D eigenvalue weighted by Crippen LogP contribution is 2.45. The number of aromatic nitrogens is 2. The van der Waals surface area contributed by atoms with Gasteiger partial charge in [0, 0.05) is 22.7 Å². The van der Waals surface area contributed by atoms with Crippen molar-refractivity contribution in [2.24, 2.45) is 0 Å². The van der Waals surface area contributed by atoms with Gasteiger partial charge in [-0.05, 0) is 41.8 Å². The Balaban J connectivity index is 1.63. The molecule has 1 unspecified atom stereocenters. The Morgan fingerprint density at radius 1 is 1.03 bits per heavy atom. The molecule has 1 aliphatic heterocycles. The Kier molecular flexibility index (Phi) is 6.47. The standard InChI is InChI=1S/C28H26ClN3O3/c1-3-15-35-22-14-11-20(16-23(22)34-2)27-24-25(19-9-12-21(29)13-10-19)30-31-26(24)28(33)32(27)17-18-7-5-4-6-8-18/h4-14,16,27H,3,15,17H2,1-2H3,(H,30,31). The molecular formula is C28H26ClN3O3. The fourth-order valence-electron chi connectivity index (χ4n) is 4.50. The van der Waals surface area contributed by atoms with Crippen LogP contribution in [0.15, 0.2) is 72.8 Å². The number of ether oxygens (including phenoxy) is 2. The monoisotopic (exact) mass is 487 g/mol. The topological polar surface area (TPSA) is 67.5 Å². The largest absolute Gasteiger partial charge is 0.493 e. The predicted molar refractivity (Wildman–Crippen MR) is 136 cm³/mol. The summed E-state index contributed by atoms with van der Waals surface area (Å²) in [6.07, 6.45) is 0.899. The van der Waals surface area contributed by atoms with Crippen LogP contribution in [0.25, 0.3) is 11.3 Å². The van der Waals surface area contributed by atoms with Crippen LogP contribution in [0.1, 0.15) is 46.6 Å². The number of hydrogen-bond acceptors (Lipinski definition) is 4. The van der Waals surface area contributed by atoms with Crippen molar-refractivity contribution in [2.45, 2.75) is 25.9 Å². The molecule has 178 valence electrons. The molecule has 6 nitrogen and oxygen atoms in total. The summed E-state index contributed by atoms with van der Waals surface area (Å²) in [7, 11) is 1.63. The maximum atomic E-state index is 13.6. The summed E-state index contributed by atoms with van der Waals surface area (Å²) in [5, 5.41) is 8.18. The van der Waals surface area contributed by atoms with Crippen LogP contribution in [-0.4, -0.2) is 34.7 Å². The number of H-pyrrole nitrogens is 1. The number of hydrogen-bond donors (Lipinski definition) is 1. The Hall–Kier alpha value is -3.77. The molecule has 0 saturated heterocycles. The minimum atomic E-state index is -0.351. The van der Waals surface area contributed by atoms with Crippen LogP contribution in [-0.2, 0) is 6.54 Å². The Morgan fingerprint density at radius 2 is 1.80 bits per heavy atom. The van der Waals surface area contributed by atoms with E-state index in [1.54, 1.807) is 7.11 Å². The average molecular weight is 488 g/mol. The van der Waals surface area contributed by atoms with E-state index < -0.39 is 0 Å². The van der Waals surface area contributed by atoms with Gasteiger partial charge in [-0.1, -0.05) is 67.1 Å². The van der Waals surface area contributed by atoms with Gasteiger partial charge in [-0.3, -0.25) is 9.89 Å². The van der Waals surface area contributed by atoms with Crippen LogP contribution < -0.4 is 9.47 Å². The number of carbonyl (C=O) groups excluding carboxylic acids is 1. The zero-order chi connectivity index (χ0) is 24.4. The molecule has 35 heavy (non-hydrogen) atoms. The molecule has 0 aliphatic carbocycles. The molecule has 1 amide bonds. The number of aromatic amines is 1. The fraction of sp³-hybridized carbons (Fsp3) is 0.214. The molecule has 0 saturated carbocycles. The highest BCUT2D eigenvalue weighted by Gasteiger charge is 2.42. The molecule has 0 bridgehead atoms. The Morgan fingerprint density at radius 3 is 2.51 bits per heavy atom. The van der Waals surface area contributed by atoms with Crippen molar-refractivity contribution in [3.05, 3.63) is 100 Å². The minimum Gasteiger partial charge on any atom is -0.493 e. The third-order valence-electron chi connectivity index (χ3n) is 6.14. The zero-order valence-electron chi connectivity index (χ0n) is 19.6. The van der Waals surface area contributed by atoms with Crippen molar-refractivity contribution in [1.82, 2.24) is 15.1 Å². The maximum absolute atomic E-state index is 13.6. The molecule has 7 heteroatoms. The Labute approximate surface area is 209 Å². The SMILES string of the molecule is CCCOc1ccc(C2c3c(-c4ccc(Cl)cc4)n[nH]c3C(=O)N2Cc2ccccc2)cc1OC. The van der Waals surface area contributed by atoms with E-state index in [0.29, 0.717) is 35.4 Å². The zero-order valence-corrected chi connectivity index (χ0v) is 20.4. The van der Waals surface area contributed by atoms with E-state index in [-0.39, 0.29) is 11.9 Å². The van der Waals surface area contributed by atoms with Crippen molar-refractivity contribution >= 4 is 17.5 Å². The van der Waals surface area contributed by atoms with Gasteiger partial charge < -0.3 is 14.4 Å². The van der Waals surface area contributed by atoms with Gasteiger partial charge in [0.2, 0.25) is 0 Å². The molecule has 4 aromatic rings. The summed E-state index contributed by atoms with van der Waals surface area (Å²) in [6.45, 7) is 3.12. The molecule has 5 rings (SSSR count). The minimum absolute atomic E-state index is 0.0909. The van der Waals surface area contributed by atoms with E-state index in [4.69, 9.17) is 21.1 Å². The second-order valence-corrected chi connectivity index (χ2v) is 8.88. The second kappa shape index (κ2) is 9.84. The lowest BCUT2D eigenvalue weighted by atomic mass is 9.95.